The molecule has 3 nitrogen and oxygen atoms in total. The lowest BCUT2D eigenvalue weighted by molar-refractivity contribution is 0.174. The SMILES string of the molecule is C[C@H](O)[C@@H]1[C@@H](C)N1N. The molecule has 1 rings (SSSR count). The first-order valence-corrected chi connectivity index (χ1v) is 2.85. The summed E-state index contributed by atoms with van der Waals surface area (Å²) < 4.78 is 0. The first kappa shape index (κ1) is 6.01. The topological polar surface area (TPSA) is 49.3 Å². The zero-order valence-electron chi connectivity index (χ0n) is 5.20. The molecule has 1 aliphatic rings. The molecule has 0 aromatic heterocycles. The predicted molar refractivity (Wildman–Crippen MR) is 31.0 cm³/mol. The summed E-state index contributed by atoms with van der Waals surface area (Å²) in [6.07, 6.45) is -0.282. The van der Waals surface area contributed by atoms with Crippen molar-refractivity contribution in [3.63, 3.8) is 0 Å². The molecule has 3 heteroatoms. The Morgan fingerprint density at radius 1 is 1.75 bits per heavy atom. The van der Waals surface area contributed by atoms with E-state index in [1.807, 2.05) is 6.92 Å². The van der Waals surface area contributed by atoms with Crippen LogP contribution in [-0.2, 0) is 0 Å². The zero-order valence-corrected chi connectivity index (χ0v) is 5.20. The summed E-state index contributed by atoms with van der Waals surface area (Å²) >= 11 is 0. The van der Waals surface area contributed by atoms with E-state index in [0.717, 1.165) is 0 Å². The predicted octanol–water partition coefficient (Wildman–Crippen LogP) is -0.686. The van der Waals surface area contributed by atoms with Crippen molar-refractivity contribution in [2.24, 2.45) is 5.84 Å². The summed E-state index contributed by atoms with van der Waals surface area (Å²) in [5.74, 6) is 5.38. The molecule has 0 saturated carbocycles. The van der Waals surface area contributed by atoms with Crippen LogP contribution in [0, 0.1) is 0 Å². The quantitative estimate of drug-likeness (QED) is 0.352. The summed E-state index contributed by atoms with van der Waals surface area (Å²) in [6, 6.07) is 0.574. The molecule has 1 fully saturated rings. The van der Waals surface area contributed by atoms with E-state index in [1.165, 1.54) is 0 Å². The highest BCUT2D eigenvalue weighted by molar-refractivity contribution is 4.98. The fraction of sp³-hybridized carbons (Fsp3) is 1.00. The standard InChI is InChI=1S/C5H12N2O/c1-3-5(4(2)8)7(3)6/h3-5,8H,6H2,1-2H3/t3-,4+,5+,7?/m1/s1. The molecule has 0 radical (unpaired) electrons. The minimum absolute atomic E-state index is 0.204. The first-order valence-electron chi connectivity index (χ1n) is 2.85. The molecule has 0 aliphatic carbocycles. The van der Waals surface area contributed by atoms with Crippen LogP contribution >= 0.6 is 0 Å². The van der Waals surface area contributed by atoms with Crippen molar-refractivity contribution in [3.8, 4) is 0 Å². The van der Waals surface area contributed by atoms with Gasteiger partial charge in [-0.05, 0) is 13.8 Å². The lowest BCUT2D eigenvalue weighted by atomic mass is 10.2. The van der Waals surface area contributed by atoms with Crippen LogP contribution in [0.1, 0.15) is 13.8 Å². The van der Waals surface area contributed by atoms with Gasteiger partial charge in [-0.3, -0.25) is 5.84 Å². The zero-order chi connectivity index (χ0) is 6.31. The van der Waals surface area contributed by atoms with Crippen molar-refractivity contribution in [1.82, 2.24) is 5.01 Å². The Kier molecular flexibility index (Phi) is 1.27. The van der Waals surface area contributed by atoms with E-state index in [0.29, 0.717) is 6.04 Å². The van der Waals surface area contributed by atoms with Gasteiger partial charge in [-0.2, -0.15) is 0 Å². The van der Waals surface area contributed by atoms with Crippen molar-refractivity contribution in [2.75, 3.05) is 0 Å². The van der Waals surface area contributed by atoms with Gasteiger partial charge in [-0.1, -0.05) is 0 Å². The lowest BCUT2D eigenvalue weighted by Gasteiger charge is -1.97. The average molecular weight is 116 g/mol. The second-order valence-corrected chi connectivity index (χ2v) is 2.42. The lowest BCUT2D eigenvalue weighted by Crippen LogP contribution is -2.18. The Morgan fingerprint density at radius 3 is 2.12 bits per heavy atom. The number of aliphatic hydroxyl groups is 1. The van der Waals surface area contributed by atoms with Crippen molar-refractivity contribution in [3.05, 3.63) is 0 Å². The molecule has 0 amide bonds. The van der Waals surface area contributed by atoms with Crippen molar-refractivity contribution < 1.29 is 5.11 Å². The number of nitrogens with zero attached hydrogens (tertiary/aromatic N) is 1. The second kappa shape index (κ2) is 1.69. The minimum Gasteiger partial charge on any atom is -0.392 e. The Morgan fingerprint density at radius 2 is 2.12 bits per heavy atom. The maximum atomic E-state index is 8.91. The van der Waals surface area contributed by atoms with E-state index >= 15 is 0 Å². The van der Waals surface area contributed by atoms with Gasteiger partial charge in [0.05, 0.1) is 12.1 Å². The largest absolute Gasteiger partial charge is 0.392 e. The highest BCUT2D eigenvalue weighted by Crippen LogP contribution is 2.24. The molecule has 3 N–H and O–H groups in total. The molecular formula is C5H12N2O. The van der Waals surface area contributed by atoms with Crippen molar-refractivity contribution in [2.45, 2.75) is 32.0 Å². The van der Waals surface area contributed by atoms with Gasteiger partial charge in [0, 0.05) is 6.04 Å². The summed E-state index contributed by atoms with van der Waals surface area (Å²) in [5.41, 5.74) is 0. The highest BCUT2D eigenvalue weighted by Gasteiger charge is 2.44. The summed E-state index contributed by atoms with van der Waals surface area (Å²) in [7, 11) is 0. The van der Waals surface area contributed by atoms with Crippen LogP contribution in [0.5, 0.6) is 0 Å². The minimum atomic E-state index is -0.282. The number of hydrogen-bond donors (Lipinski definition) is 2. The van der Waals surface area contributed by atoms with Crippen LogP contribution in [0.4, 0.5) is 0 Å². The van der Waals surface area contributed by atoms with E-state index in [-0.39, 0.29) is 12.1 Å². The van der Waals surface area contributed by atoms with E-state index in [2.05, 4.69) is 0 Å². The van der Waals surface area contributed by atoms with E-state index in [1.54, 1.807) is 11.9 Å². The van der Waals surface area contributed by atoms with Gasteiger partial charge in [-0.15, -0.1) is 0 Å². The van der Waals surface area contributed by atoms with Gasteiger partial charge in [-0.25, -0.2) is 5.01 Å². The number of hydrogen-bond acceptors (Lipinski definition) is 3. The van der Waals surface area contributed by atoms with Crippen molar-refractivity contribution in [1.29, 1.82) is 0 Å². The molecule has 1 saturated heterocycles. The summed E-state index contributed by atoms with van der Waals surface area (Å²) in [5, 5.41) is 10.6. The molecular weight excluding hydrogens is 104 g/mol. The van der Waals surface area contributed by atoms with E-state index in [4.69, 9.17) is 10.9 Å². The normalized spacial score (nSPS) is 48.8. The molecule has 48 valence electrons. The monoisotopic (exact) mass is 116 g/mol. The molecule has 0 aromatic rings. The van der Waals surface area contributed by atoms with Gasteiger partial charge < -0.3 is 5.11 Å². The number of hydrazine groups is 1. The van der Waals surface area contributed by atoms with Gasteiger partial charge in [0.2, 0.25) is 0 Å². The molecule has 1 heterocycles. The average Bonchev–Trinajstić information content (AvgIpc) is 2.15. The number of rotatable bonds is 1. The molecule has 0 aromatic carbocycles. The number of aliphatic hydroxyl groups excluding tert-OH is 1. The number of nitrogens with two attached hydrogens (primary N) is 1. The fourth-order valence-corrected chi connectivity index (χ4v) is 1.05. The smallest absolute Gasteiger partial charge is 0.0697 e. The Labute approximate surface area is 49.1 Å². The Balaban J connectivity index is 2.33. The van der Waals surface area contributed by atoms with Crippen molar-refractivity contribution >= 4 is 0 Å². The van der Waals surface area contributed by atoms with Gasteiger partial charge in [0.1, 0.15) is 0 Å². The maximum Gasteiger partial charge on any atom is 0.0697 e. The molecule has 4 atom stereocenters. The Hall–Kier alpha value is -0.120. The van der Waals surface area contributed by atoms with Crippen LogP contribution in [0.2, 0.25) is 0 Å². The Bertz CT molecular complexity index is 79.7. The molecule has 1 unspecified atom stereocenters. The van der Waals surface area contributed by atoms with Gasteiger partial charge in [0.15, 0.2) is 0 Å². The third-order valence-electron chi connectivity index (χ3n) is 1.71. The van der Waals surface area contributed by atoms with Crippen LogP contribution in [0.25, 0.3) is 0 Å². The maximum absolute atomic E-state index is 8.91. The van der Waals surface area contributed by atoms with Gasteiger partial charge in [0.25, 0.3) is 0 Å². The molecule has 0 spiro atoms. The van der Waals surface area contributed by atoms with Gasteiger partial charge >= 0.3 is 0 Å². The third-order valence-corrected chi connectivity index (χ3v) is 1.71. The highest BCUT2D eigenvalue weighted by atomic mass is 16.3. The van der Waals surface area contributed by atoms with Crippen LogP contribution in [-0.4, -0.2) is 28.3 Å². The van der Waals surface area contributed by atoms with E-state index < -0.39 is 0 Å². The fourth-order valence-electron chi connectivity index (χ4n) is 1.05. The third kappa shape index (κ3) is 0.727. The molecule has 8 heavy (non-hydrogen) atoms. The molecule has 1 aliphatic heterocycles. The van der Waals surface area contributed by atoms with E-state index in [9.17, 15) is 0 Å². The molecule has 0 bridgehead atoms. The van der Waals surface area contributed by atoms with Crippen LogP contribution in [0.3, 0.4) is 0 Å². The second-order valence-electron chi connectivity index (χ2n) is 2.42. The van der Waals surface area contributed by atoms with Crippen LogP contribution < -0.4 is 5.84 Å². The summed E-state index contributed by atoms with van der Waals surface area (Å²) in [6.45, 7) is 3.76. The summed E-state index contributed by atoms with van der Waals surface area (Å²) in [4.78, 5) is 0. The van der Waals surface area contributed by atoms with Crippen LogP contribution in [0.15, 0.2) is 0 Å². The first-order chi connectivity index (χ1) is 3.64.